The molecule has 0 aliphatic carbocycles. The Bertz CT molecular complexity index is 1890. The molecule has 576 valence electrons. The highest BCUT2D eigenvalue weighted by Crippen LogP contribution is 2.45. The number of carbonyl (C=O) groups excluding carboxylic acids is 4. The Kier molecular flexibility index (Phi) is 67.1. The first-order valence-electron chi connectivity index (χ1n) is 40.3. The van der Waals surface area contributed by atoms with Crippen LogP contribution in [0.2, 0.25) is 0 Å². The number of esters is 4. The van der Waals surface area contributed by atoms with Crippen molar-refractivity contribution >= 4 is 39.5 Å². The number of aliphatic hydroxyl groups excluding tert-OH is 1. The van der Waals surface area contributed by atoms with Gasteiger partial charge in [0.1, 0.15) is 19.3 Å². The van der Waals surface area contributed by atoms with Crippen LogP contribution < -0.4 is 0 Å². The number of hydrogen-bond donors (Lipinski definition) is 3. The molecule has 19 heteroatoms. The molecule has 0 aromatic rings. The summed E-state index contributed by atoms with van der Waals surface area (Å²) in [5.41, 5.74) is 0. The Morgan fingerprint density at radius 1 is 0.278 bits per heavy atom. The third-order valence-corrected chi connectivity index (χ3v) is 20.0. The second kappa shape index (κ2) is 68.5. The molecular formula is C78H152O17P2. The molecule has 0 aliphatic rings. The summed E-state index contributed by atoms with van der Waals surface area (Å²) in [7, 11) is -9.91. The molecular weight excluding hydrogens is 1270 g/mol. The van der Waals surface area contributed by atoms with Crippen LogP contribution in [0.15, 0.2) is 0 Å². The molecule has 0 aliphatic heterocycles. The quantitative estimate of drug-likeness (QED) is 0.0222. The molecule has 0 saturated heterocycles. The van der Waals surface area contributed by atoms with E-state index < -0.39 is 97.5 Å². The molecule has 0 bridgehead atoms. The van der Waals surface area contributed by atoms with Gasteiger partial charge >= 0.3 is 39.5 Å². The molecule has 0 aromatic heterocycles. The monoisotopic (exact) mass is 1420 g/mol. The molecule has 0 aromatic carbocycles. The van der Waals surface area contributed by atoms with Crippen molar-refractivity contribution < 1.29 is 80.2 Å². The summed E-state index contributed by atoms with van der Waals surface area (Å²) in [6, 6.07) is 0. The average Bonchev–Trinajstić information content (AvgIpc) is 0.986. The Morgan fingerprint density at radius 2 is 0.474 bits per heavy atom. The number of ether oxygens (including phenoxy) is 4. The summed E-state index contributed by atoms with van der Waals surface area (Å²) in [6.45, 7) is 11.8. The van der Waals surface area contributed by atoms with Gasteiger partial charge in [-0.3, -0.25) is 37.3 Å². The normalized spacial score (nSPS) is 14.0. The highest BCUT2D eigenvalue weighted by atomic mass is 31.2. The van der Waals surface area contributed by atoms with Crippen LogP contribution in [-0.4, -0.2) is 96.7 Å². The largest absolute Gasteiger partial charge is 0.472 e. The van der Waals surface area contributed by atoms with Crippen molar-refractivity contribution in [2.24, 2.45) is 17.8 Å². The number of aliphatic hydroxyl groups is 1. The van der Waals surface area contributed by atoms with Crippen LogP contribution in [0.3, 0.4) is 0 Å². The predicted octanol–water partition coefficient (Wildman–Crippen LogP) is 23.0. The third kappa shape index (κ3) is 72.2. The van der Waals surface area contributed by atoms with Gasteiger partial charge in [0.2, 0.25) is 0 Å². The van der Waals surface area contributed by atoms with E-state index in [2.05, 4.69) is 48.5 Å². The number of hydrogen-bond acceptors (Lipinski definition) is 15. The van der Waals surface area contributed by atoms with Gasteiger partial charge in [-0.1, -0.05) is 350 Å². The van der Waals surface area contributed by atoms with Gasteiger partial charge in [0.25, 0.3) is 0 Å². The maximum Gasteiger partial charge on any atom is 0.472 e. The maximum absolute atomic E-state index is 13.1. The fourth-order valence-electron chi connectivity index (χ4n) is 12.0. The van der Waals surface area contributed by atoms with Gasteiger partial charge in [0.15, 0.2) is 12.2 Å². The Hall–Kier alpha value is -1.94. The summed E-state index contributed by atoms with van der Waals surface area (Å²) in [5.74, 6) is 0.0988. The van der Waals surface area contributed by atoms with E-state index in [4.69, 9.17) is 37.0 Å². The zero-order valence-corrected chi connectivity index (χ0v) is 65.3. The van der Waals surface area contributed by atoms with E-state index >= 15 is 0 Å². The summed E-state index contributed by atoms with van der Waals surface area (Å²) in [6.07, 6.45) is 55.8. The van der Waals surface area contributed by atoms with Gasteiger partial charge in [-0.05, 0) is 43.4 Å². The topological polar surface area (TPSA) is 237 Å². The molecule has 0 rings (SSSR count). The standard InChI is InChI=1S/C78H152O17P2/c1-8-9-10-11-12-13-14-15-16-22-25-28-31-37-45-52-59-75(80)88-65-73(94-77(82)61-54-47-38-32-29-26-23-20-18-17-19-21-24-27-30-35-42-49-56-69(2)3)67-92-96(84,85)90-63-72(79)64-91-97(86,87)93-68-74(66-89-76(81)60-53-46-41-40-44-51-58-71(6)7)95-78(83)62-55-48-39-34-33-36-43-50-57-70(4)5/h69-74,79H,8-68H2,1-7H3,(H,84,85)(H,86,87)/t72-,73-,74-/m1/s1. The summed E-state index contributed by atoms with van der Waals surface area (Å²) in [5, 5.41) is 10.6. The molecule has 17 nitrogen and oxygen atoms in total. The minimum Gasteiger partial charge on any atom is -0.462 e. The van der Waals surface area contributed by atoms with Crippen LogP contribution in [-0.2, 0) is 65.4 Å². The second-order valence-electron chi connectivity index (χ2n) is 29.5. The van der Waals surface area contributed by atoms with Crippen LogP contribution in [0, 0.1) is 17.8 Å². The number of rotatable bonds is 76. The Balaban J connectivity index is 5.20. The van der Waals surface area contributed by atoms with Gasteiger partial charge < -0.3 is 33.8 Å². The lowest BCUT2D eigenvalue weighted by Crippen LogP contribution is -2.30. The Morgan fingerprint density at radius 3 is 0.701 bits per heavy atom. The van der Waals surface area contributed by atoms with Crippen molar-refractivity contribution in [3.8, 4) is 0 Å². The zero-order chi connectivity index (χ0) is 71.6. The minimum absolute atomic E-state index is 0.103. The van der Waals surface area contributed by atoms with Crippen molar-refractivity contribution in [3.05, 3.63) is 0 Å². The lowest BCUT2D eigenvalue weighted by molar-refractivity contribution is -0.161. The van der Waals surface area contributed by atoms with Crippen molar-refractivity contribution in [3.63, 3.8) is 0 Å². The fraction of sp³-hybridized carbons (Fsp3) is 0.949. The lowest BCUT2D eigenvalue weighted by Gasteiger charge is -2.21. The third-order valence-electron chi connectivity index (χ3n) is 18.1. The highest BCUT2D eigenvalue weighted by Gasteiger charge is 2.30. The molecule has 2 unspecified atom stereocenters. The predicted molar refractivity (Wildman–Crippen MR) is 395 cm³/mol. The number of phosphoric acid groups is 2. The molecule has 0 heterocycles. The van der Waals surface area contributed by atoms with Gasteiger partial charge in [-0.25, -0.2) is 9.13 Å². The first kappa shape index (κ1) is 95.1. The summed E-state index contributed by atoms with van der Waals surface area (Å²) in [4.78, 5) is 72.8. The van der Waals surface area contributed by atoms with Crippen molar-refractivity contribution in [1.29, 1.82) is 0 Å². The van der Waals surface area contributed by atoms with Gasteiger partial charge in [-0.2, -0.15) is 0 Å². The summed E-state index contributed by atoms with van der Waals surface area (Å²) < 4.78 is 68.5. The highest BCUT2D eigenvalue weighted by molar-refractivity contribution is 7.47. The van der Waals surface area contributed by atoms with E-state index in [1.807, 2.05) is 0 Å². The molecule has 5 atom stereocenters. The number of carbonyl (C=O) groups is 4. The van der Waals surface area contributed by atoms with Crippen LogP contribution >= 0.6 is 15.6 Å². The van der Waals surface area contributed by atoms with Crippen molar-refractivity contribution in [1.82, 2.24) is 0 Å². The number of unbranched alkanes of at least 4 members (excludes halogenated alkanes) is 44. The van der Waals surface area contributed by atoms with Crippen LogP contribution in [0.4, 0.5) is 0 Å². The molecule has 0 amide bonds. The van der Waals surface area contributed by atoms with Gasteiger partial charge in [0.05, 0.1) is 26.4 Å². The average molecular weight is 1420 g/mol. The van der Waals surface area contributed by atoms with Gasteiger partial charge in [-0.15, -0.1) is 0 Å². The first-order valence-corrected chi connectivity index (χ1v) is 43.3. The van der Waals surface area contributed by atoms with Crippen LogP contribution in [0.5, 0.6) is 0 Å². The van der Waals surface area contributed by atoms with Crippen molar-refractivity contribution in [2.75, 3.05) is 39.6 Å². The van der Waals surface area contributed by atoms with Gasteiger partial charge in [0, 0.05) is 25.7 Å². The first-order chi connectivity index (χ1) is 46.7. The van der Waals surface area contributed by atoms with E-state index in [9.17, 15) is 43.2 Å². The summed E-state index contributed by atoms with van der Waals surface area (Å²) >= 11 is 0. The SMILES string of the molecule is CCCCCCCCCCCCCCCCCCC(=O)OC[C@H](COP(=O)(O)OC[C@@H](O)COP(=O)(O)OC[C@@H](COC(=O)CCCCCCCCC(C)C)OC(=O)CCCCCCCCCCC(C)C)OC(=O)CCCCCCCCCCCCCCCCCCCCC(C)C. The Labute approximate surface area is 594 Å². The molecule has 0 spiro atoms. The zero-order valence-electron chi connectivity index (χ0n) is 63.5. The van der Waals surface area contributed by atoms with E-state index in [-0.39, 0.29) is 25.7 Å². The molecule has 0 saturated carbocycles. The van der Waals surface area contributed by atoms with Crippen LogP contribution in [0.25, 0.3) is 0 Å². The van der Waals surface area contributed by atoms with Crippen molar-refractivity contribution in [2.45, 2.75) is 420 Å². The maximum atomic E-state index is 13.1. The van der Waals surface area contributed by atoms with Crippen LogP contribution in [0.1, 0.15) is 402 Å². The number of phosphoric ester groups is 2. The van der Waals surface area contributed by atoms with E-state index in [1.54, 1.807) is 0 Å². The lowest BCUT2D eigenvalue weighted by atomic mass is 10.0. The molecule has 0 fully saturated rings. The minimum atomic E-state index is -4.96. The smallest absolute Gasteiger partial charge is 0.462 e. The van der Waals surface area contributed by atoms with E-state index in [0.717, 1.165) is 108 Å². The van der Waals surface area contributed by atoms with E-state index in [1.165, 1.54) is 205 Å². The van der Waals surface area contributed by atoms with E-state index in [0.29, 0.717) is 31.6 Å². The fourth-order valence-corrected chi connectivity index (χ4v) is 13.5. The molecule has 97 heavy (non-hydrogen) atoms. The molecule has 0 radical (unpaired) electrons. The second-order valence-corrected chi connectivity index (χ2v) is 32.4. The molecule has 3 N–H and O–H groups in total.